The maximum absolute atomic E-state index is 5.01. The van der Waals surface area contributed by atoms with Crippen molar-refractivity contribution in [2.75, 3.05) is 13.7 Å². The van der Waals surface area contributed by atoms with Gasteiger partial charge in [-0.05, 0) is 26.7 Å². The molecule has 0 aliphatic heterocycles. The lowest BCUT2D eigenvalue weighted by Crippen LogP contribution is -2.35. The van der Waals surface area contributed by atoms with Crippen LogP contribution in [0.5, 0.6) is 0 Å². The topological polar surface area (TPSA) is 21.3 Å². The van der Waals surface area contributed by atoms with Crippen LogP contribution in [-0.4, -0.2) is 25.8 Å². The van der Waals surface area contributed by atoms with Gasteiger partial charge in [0, 0.05) is 25.8 Å². The average molecular weight is 173 g/mol. The predicted octanol–water partition coefficient (Wildman–Crippen LogP) is 2.19. The molecule has 0 aliphatic rings. The van der Waals surface area contributed by atoms with Crippen molar-refractivity contribution in [1.29, 1.82) is 0 Å². The van der Waals surface area contributed by atoms with Crippen molar-refractivity contribution in [2.24, 2.45) is 0 Å². The fourth-order valence-corrected chi connectivity index (χ4v) is 1.38. The standard InChI is InChI=1S/C10H23NO/c1-5-6-9(2)11-10(3)7-8-12-4/h9-11H,5-8H2,1-4H3. The minimum Gasteiger partial charge on any atom is -0.385 e. The van der Waals surface area contributed by atoms with Crippen LogP contribution in [0.2, 0.25) is 0 Å². The molecular formula is C10H23NO. The highest BCUT2D eigenvalue weighted by Crippen LogP contribution is 1.99. The minimum absolute atomic E-state index is 0.575. The van der Waals surface area contributed by atoms with Crippen molar-refractivity contribution in [3.63, 3.8) is 0 Å². The van der Waals surface area contributed by atoms with Crippen molar-refractivity contribution >= 4 is 0 Å². The quantitative estimate of drug-likeness (QED) is 0.637. The molecule has 0 aromatic heterocycles. The lowest BCUT2D eigenvalue weighted by atomic mass is 10.1. The van der Waals surface area contributed by atoms with E-state index in [-0.39, 0.29) is 0 Å². The zero-order chi connectivity index (χ0) is 9.40. The first-order valence-electron chi connectivity index (χ1n) is 4.95. The summed E-state index contributed by atoms with van der Waals surface area (Å²) in [5.74, 6) is 0. The summed E-state index contributed by atoms with van der Waals surface area (Å²) in [6, 6.07) is 1.22. The van der Waals surface area contributed by atoms with Crippen LogP contribution in [0.25, 0.3) is 0 Å². The number of methoxy groups -OCH3 is 1. The largest absolute Gasteiger partial charge is 0.385 e. The highest BCUT2D eigenvalue weighted by Gasteiger charge is 2.05. The summed E-state index contributed by atoms with van der Waals surface area (Å²) in [5, 5.41) is 3.54. The molecule has 2 atom stereocenters. The van der Waals surface area contributed by atoms with Gasteiger partial charge in [0.05, 0.1) is 0 Å². The lowest BCUT2D eigenvalue weighted by molar-refractivity contribution is 0.182. The van der Waals surface area contributed by atoms with Crippen molar-refractivity contribution in [1.82, 2.24) is 5.32 Å². The molecular weight excluding hydrogens is 150 g/mol. The van der Waals surface area contributed by atoms with Gasteiger partial charge in [-0.2, -0.15) is 0 Å². The number of rotatable bonds is 7. The molecule has 0 spiro atoms. The van der Waals surface area contributed by atoms with Gasteiger partial charge in [0.2, 0.25) is 0 Å². The second kappa shape index (κ2) is 7.56. The normalized spacial score (nSPS) is 16.0. The van der Waals surface area contributed by atoms with Gasteiger partial charge < -0.3 is 10.1 Å². The maximum Gasteiger partial charge on any atom is 0.0476 e. The van der Waals surface area contributed by atoms with E-state index in [1.54, 1.807) is 7.11 Å². The summed E-state index contributed by atoms with van der Waals surface area (Å²) in [7, 11) is 1.75. The lowest BCUT2D eigenvalue weighted by Gasteiger charge is -2.18. The second-order valence-corrected chi connectivity index (χ2v) is 3.54. The molecule has 0 saturated heterocycles. The Kier molecular flexibility index (Phi) is 7.51. The Balaban J connectivity index is 3.33. The molecule has 0 fully saturated rings. The molecule has 0 aliphatic carbocycles. The van der Waals surface area contributed by atoms with Crippen molar-refractivity contribution in [3.8, 4) is 0 Å². The van der Waals surface area contributed by atoms with E-state index < -0.39 is 0 Å². The molecule has 0 aromatic carbocycles. The van der Waals surface area contributed by atoms with E-state index >= 15 is 0 Å². The first kappa shape index (κ1) is 11.9. The summed E-state index contributed by atoms with van der Waals surface area (Å²) in [4.78, 5) is 0. The van der Waals surface area contributed by atoms with E-state index in [9.17, 15) is 0 Å². The fraction of sp³-hybridized carbons (Fsp3) is 1.00. The minimum atomic E-state index is 0.575. The smallest absolute Gasteiger partial charge is 0.0476 e. The molecule has 74 valence electrons. The molecule has 0 bridgehead atoms. The summed E-state index contributed by atoms with van der Waals surface area (Å²) in [6.07, 6.45) is 3.62. The molecule has 12 heavy (non-hydrogen) atoms. The Morgan fingerprint density at radius 3 is 2.25 bits per heavy atom. The number of hydrogen-bond acceptors (Lipinski definition) is 2. The van der Waals surface area contributed by atoms with E-state index in [4.69, 9.17) is 4.74 Å². The Bertz CT molecular complexity index is 95.8. The van der Waals surface area contributed by atoms with Gasteiger partial charge in [0.15, 0.2) is 0 Å². The van der Waals surface area contributed by atoms with E-state index in [0.29, 0.717) is 12.1 Å². The van der Waals surface area contributed by atoms with Gasteiger partial charge in [-0.3, -0.25) is 0 Å². The Hall–Kier alpha value is -0.0800. The maximum atomic E-state index is 5.01. The molecule has 0 saturated carbocycles. The van der Waals surface area contributed by atoms with Gasteiger partial charge in [-0.1, -0.05) is 13.3 Å². The molecule has 0 aromatic rings. The van der Waals surface area contributed by atoms with Crippen molar-refractivity contribution in [3.05, 3.63) is 0 Å². The highest BCUT2D eigenvalue weighted by molar-refractivity contribution is 4.66. The molecule has 0 rings (SSSR count). The van der Waals surface area contributed by atoms with Crippen LogP contribution in [0, 0.1) is 0 Å². The molecule has 0 heterocycles. The SMILES string of the molecule is CCCC(C)NC(C)CCOC. The van der Waals surface area contributed by atoms with E-state index in [0.717, 1.165) is 13.0 Å². The zero-order valence-electron chi connectivity index (χ0n) is 8.89. The van der Waals surface area contributed by atoms with E-state index in [1.165, 1.54) is 12.8 Å². The molecule has 2 unspecified atom stereocenters. The highest BCUT2D eigenvalue weighted by atomic mass is 16.5. The van der Waals surface area contributed by atoms with Crippen LogP contribution in [0.15, 0.2) is 0 Å². The summed E-state index contributed by atoms with van der Waals surface area (Å²) >= 11 is 0. The summed E-state index contributed by atoms with van der Waals surface area (Å²) in [5.41, 5.74) is 0. The molecule has 2 nitrogen and oxygen atoms in total. The van der Waals surface area contributed by atoms with Crippen LogP contribution in [-0.2, 0) is 4.74 Å². The van der Waals surface area contributed by atoms with Crippen LogP contribution in [0.1, 0.15) is 40.0 Å². The molecule has 1 N–H and O–H groups in total. The summed E-state index contributed by atoms with van der Waals surface area (Å²) < 4.78 is 5.01. The molecule has 0 radical (unpaired) electrons. The third-order valence-electron chi connectivity index (χ3n) is 2.05. The van der Waals surface area contributed by atoms with Crippen LogP contribution in [0.3, 0.4) is 0 Å². The van der Waals surface area contributed by atoms with E-state index in [1.807, 2.05) is 0 Å². The van der Waals surface area contributed by atoms with Gasteiger partial charge >= 0.3 is 0 Å². The van der Waals surface area contributed by atoms with Crippen molar-refractivity contribution in [2.45, 2.75) is 52.1 Å². The third-order valence-corrected chi connectivity index (χ3v) is 2.05. The molecule has 2 heteroatoms. The Morgan fingerprint density at radius 1 is 1.17 bits per heavy atom. The monoisotopic (exact) mass is 173 g/mol. The zero-order valence-corrected chi connectivity index (χ0v) is 8.89. The van der Waals surface area contributed by atoms with Crippen LogP contribution < -0.4 is 5.32 Å². The van der Waals surface area contributed by atoms with Gasteiger partial charge in [-0.15, -0.1) is 0 Å². The van der Waals surface area contributed by atoms with Crippen LogP contribution in [0.4, 0.5) is 0 Å². The Morgan fingerprint density at radius 2 is 1.75 bits per heavy atom. The number of hydrogen-bond donors (Lipinski definition) is 1. The van der Waals surface area contributed by atoms with Crippen LogP contribution >= 0.6 is 0 Å². The first-order valence-corrected chi connectivity index (χ1v) is 4.95. The predicted molar refractivity (Wildman–Crippen MR) is 53.5 cm³/mol. The average Bonchev–Trinajstić information content (AvgIpc) is 2.01. The summed E-state index contributed by atoms with van der Waals surface area (Å²) in [6.45, 7) is 7.53. The third kappa shape index (κ3) is 6.62. The van der Waals surface area contributed by atoms with Crippen molar-refractivity contribution < 1.29 is 4.74 Å². The number of nitrogens with one attached hydrogen (secondary N) is 1. The fourth-order valence-electron chi connectivity index (χ4n) is 1.38. The van der Waals surface area contributed by atoms with E-state index in [2.05, 4.69) is 26.1 Å². The van der Waals surface area contributed by atoms with Gasteiger partial charge in [0.25, 0.3) is 0 Å². The second-order valence-electron chi connectivity index (χ2n) is 3.54. The van der Waals surface area contributed by atoms with Gasteiger partial charge in [0.1, 0.15) is 0 Å². The number of ether oxygens (including phenoxy) is 1. The molecule has 0 amide bonds. The first-order chi connectivity index (χ1) is 5.70. The Labute approximate surface area is 76.7 Å². The van der Waals surface area contributed by atoms with Gasteiger partial charge in [-0.25, -0.2) is 0 Å².